The lowest BCUT2D eigenvalue weighted by molar-refractivity contribution is -0.134. The minimum Gasteiger partial charge on any atom is -0.370 e. The summed E-state index contributed by atoms with van der Waals surface area (Å²) < 4.78 is 0. The van der Waals surface area contributed by atoms with E-state index in [1.54, 1.807) is 20.9 Å². The number of benzene rings is 2. The molecule has 2 aromatic carbocycles. The van der Waals surface area contributed by atoms with Crippen LogP contribution >= 0.6 is 0 Å². The Kier molecular flexibility index (Phi) is 17.0. The number of carbonyl (C=O) groups excluding carboxylic acids is 4. The van der Waals surface area contributed by atoms with Gasteiger partial charge in [-0.3, -0.25) is 24.2 Å². The third kappa shape index (κ3) is 13.8. The summed E-state index contributed by atoms with van der Waals surface area (Å²) in [5.41, 5.74) is 18.4. The van der Waals surface area contributed by atoms with Gasteiger partial charge in [0.1, 0.15) is 12.1 Å². The number of nitrogens with zero attached hydrogens (tertiary/aromatic N) is 1. The first-order chi connectivity index (χ1) is 22.0. The second kappa shape index (κ2) is 20.7. The van der Waals surface area contributed by atoms with Crippen LogP contribution < -0.4 is 38.5 Å². The molecule has 0 aliphatic rings. The number of hydrogen-bond donors (Lipinski definition) is 7. The number of Topliss-reactive ketones (excluding diaryl/α,β-unsaturated/α-hetero) is 1. The predicted octanol–water partition coefficient (Wildman–Crippen LogP) is 0.922. The molecule has 0 aromatic heterocycles. The summed E-state index contributed by atoms with van der Waals surface area (Å²) in [6.45, 7) is 4.30. The fraction of sp³-hybridized carbons (Fsp3) is 0.500. The molecule has 4 unspecified atom stereocenters. The topological polar surface area (TPSA) is 207 Å². The number of guanidine groups is 1. The molecule has 12 heteroatoms. The van der Waals surface area contributed by atoms with Gasteiger partial charge in [0.05, 0.1) is 12.1 Å². The molecule has 4 atom stereocenters. The molecule has 0 saturated carbocycles. The summed E-state index contributed by atoms with van der Waals surface area (Å²) in [6, 6.07) is 15.6. The molecule has 3 amide bonds. The van der Waals surface area contributed by atoms with E-state index in [4.69, 9.17) is 17.2 Å². The zero-order valence-electron chi connectivity index (χ0n) is 27.3. The van der Waals surface area contributed by atoms with Gasteiger partial charge >= 0.3 is 0 Å². The maximum atomic E-state index is 13.9. The van der Waals surface area contributed by atoms with Gasteiger partial charge in [0.15, 0.2) is 11.7 Å². The Morgan fingerprint density at radius 1 is 0.674 bits per heavy atom. The molecular formula is C34H52N8O4. The smallest absolute Gasteiger partial charge is 0.243 e. The molecule has 0 aliphatic carbocycles. The van der Waals surface area contributed by atoms with Crippen LogP contribution in [0.15, 0.2) is 65.7 Å². The monoisotopic (exact) mass is 636 g/mol. The van der Waals surface area contributed by atoms with Gasteiger partial charge in [-0.25, -0.2) is 0 Å². The highest BCUT2D eigenvalue weighted by Gasteiger charge is 2.31. The van der Waals surface area contributed by atoms with Crippen molar-refractivity contribution in [1.29, 1.82) is 0 Å². The molecule has 0 saturated heterocycles. The van der Waals surface area contributed by atoms with Gasteiger partial charge in [-0.1, -0.05) is 74.5 Å². The van der Waals surface area contributed by atoms with Crippen molar-refractivity contribution in [2.24, 2.45) is 28.1 Å². The van der Waals surface area contributed by atoms with Gasteiger partial charge in [-0.15, -0.1) is 0 Å². The average molecular weight is 637 g/mol. The first-order valence-corrected chi connectivity index (χ1v) is 16.0. The lowest BCUT2D eigenvalue weighted by Crippen LogP contribution is -2.58. The third-order valence-electron chi connectivity index (χ3n) is 7.62. The number of nitrogens with two attached hydrogens (primary N) is 3. The molecule has 46 heavy (non-hydrogen) atoms. The maximum Gasteiger partial charge on any atom is 0.243 e. The number of hydrogen-bond acceptors (Lipinski definition) is 7. The fourth-order valence-corrected chi connectivity index (χ4v) is 5.00. The molecule has 2 aromatic rings. The van der Waals surface area contributed by atoms with Crippen LogP contribution in [-0.4, -0.2) is 73.8 Å². The first kappa shape index (κ1) is 37.9. The molecular weight excluding hydrogens is 584 g/mol. The van der Waals surface area contributed by atoms with Crippen LogP contribution in [0.5, 0.6) is 0 Å². The van der Waals surface area contributed by atoms with E-state index in [2.05, 4.69) is 26.3 Å². The van der Waals surface area contributed by atoms with Crippen LogP contribution in [0.25, 0.3) is 0 Å². The van der Waals surface area contributed by atoms with Crippen LogP contribution in [0.4, 0.5) is 0 Å². The van der Waals surface area contributed by atoms with E-state index >= 15 is 0 Å². The van der Waals surface area contributed by atoms with Crippen molar-refractivity contribution < 1.29 is 19.2 Å². The standard InChI is InChI=1S/C34H52N8O4/c1-23(2)30(43)26(17-10-11-19-35)40-31(44)27(18-12-20-39-34(36)37)41-33(46)29(22-25-15-8-5-9-16-25)42-32(45)28(38-3)21-24-13-6-4-7-14-24/h4-9,13-16,23,26-29,38H,10-12,17-22,35H2,1-3H3,(H,40,44)(H,41,46)(H,42,45)(H4,36,37,39). The van der Waals surface area contributed by atoms with E-state index in [0.717, 1.165) is 17.5 Å². The van der Waals surface area contributed by atoms with Crippen LogP contribution in [0.3, 0.4) is 0 Å². The van der Waals surface area contributed by atoms with E-state index in [0.29, 0.717) is 32.2 Å². The molecule has 0 bridgehead atoms. The van der Waals surface area contributed by atoms with Crippen molar-refractivity contribution in [1.82, 2.24) is 21.3 Å². The van der Waals surface area contributed by atoms with Crippen LogP contribution in [0.2, 0.25) is 0 Å². The average Bonchev–Trinajstić information content (AvgIpc) is 3.04. The van der Waals surface area contributed by atoms with Crippen molar-refractivity contribution in [3.8, 4) is 0 Å². The van der Waals surface area contributed by atoms with Gasteiger partial charge in [0, 0.05) is 18.9 Å². The van der Waals surface area contributed by atoms with Crippen molar-refractivity contribution >= 4 is 29.5 Å². The highest BCUT2D eigenvalue weighted by atomic mass is 16.2. The SMILES string of the molecule is CNC(Cc1ccccc1)C(=O)NC(Cc1ccccc1)C(=O)NC(CCCN=C(N)N)C(=O)NC(CCCCN)C(=O)C(C)C. The predicted molar refractivity (Wildman–Crippen MR) is 182 cm³/mol. The molecule has 12 nitrogen and oxygen atoms in total. The Hall–Kier alpha value is -4.29. The van der Waals surface area contributed by atoms with E-state index in [-0.39, 0.29) is 43.0 Å². The zero-order chi connectivity index (χ0) is 33.9. The second-order valence-corrected chi connectivity index (χ2v) is 11.7. The number of unbranched alkanes of at least 4 members (excludes halogenated alkanes) is 1. The zero-order valence-corrected chi connectivity index (χ0v) is 27.3. The van der Waals surface area contributed by atoms with Crippen molar-refractivity contribution in [3.05, 3.63) is 71.8 Å². The van der Waals surface area contributed by atoms with Gasteiger partial charge in [-0.05, 0) is 63.2 Å². The number of likely N-dealkylation sites (N-methyl/N-ethyl adjacent to an activating group) is 1. The van der Waals surface area contributed by atoms with E-state index in [9.17, 15) is 19.2 Å². The molecule has 0 spiro atoms. The Labute approximate surface area is 272 Å². The number of amides is 3. The van der Waals surface area contributed by atoms with Crippen LogP contribution in [-0.2, 0) is 32.0 Å². The number of aliphatic imine (C=N–C) groups is 1. The molecule has 0 heterocycles. The van der Waals surface area contributed by atoms with Crippen molar-refractivity contribution in [2.45, 2.75) is 83.0 Å². The van der Waals surface area contributed by atoms with Gasteiger partial charge in [0.25, 0.3) is 0 Å². The highest BCUT2D eigenvalue weighted by Crippen LogP contribution is 2.11. The molecule has 0 aliphatic heterocycles. The Balaban J connectivity index is 2.30. The van der Waals surface area contributed by atoms with E-state index in [1.807, 2.05) is 60.7 Å². The Morgan fingerprint density at radius 2 is 1.15 bits per heavy atom. The van der Waals surface area contributed by atoms with E-state index < -0.39 is 36.0 Å². The molecule has 2 rings (SSSR count). The summed E-state index contributed by atoms with van der Waals surface area (Å²) in [7, 11) is 1.69. The minimum absolute atomic E-state index is 0.0761. The van der Waals surface area contributed by atoms with Gasteiger partial charge < -0.3 is 38.5 Å². The first-order valence-electron chi connectivity index (χ1n) is 16.0. The van der Waals surface area contributed by atoms with Crippen molar-refractivity contribution in [3.63, 3.8) is 0 Å². The highest BCUT2D eigenvalue weighted by molar-refractivity contribution is 5.95. The lowest BCUT2D eigenvalue weighted by atomic mass is 9.96. The normalized spacial score (nSPS) is 13.6. The van der Waals surface area contributed by atoms with E-state index in [1.165, 1.54) is 0 Å². The Bertz CT molecular complexity index is 1250. The number of carbonyl (C=O) groups is 4. The third-order valence-corrected chi connectivity index (χ3v) is 7.62. The Morgan fingerprint density at radius 3 is 1.67 bits per heavy atom. The van der Waals surface area contributed by atoms with Crippen LogP contribution in [0.1, 0.15) is 57.1 Å². The summed E-state index contributed by atoms with van der Waals surface area (Å²) in [4.78, 5) is 58.0. The lowest BCUT2D eigenvalue weighted by Gasteiger charge is -2.27. The summed E-state index contributed by atoms with van der Waals surface area (Å²) in [6.07, 6.45) is 3.05. The molecule has 10 N–H and O–H groups in total. The summed E-state index contributed by atoms with van der Waals surface area (Å²) in [5, 5.41) is 11.7. The van der Waals surface area contributed by atoms with Crippen LogP contribution in [0, 0.1) is 5.92 Å². The minimum atomic E-state index is -1.00. The number of nitrogens with one attached hydrogen (secondary N) is 4. The van der Waals surface area contributed by atoms with Crippen molar-refractivity contribution in [2.75, 3.05) is 20.1 Å². The number of ketones is 1. The largest absolute Gasteiger partial charge is 0.370 e. The quantitative estimate of drug-likeness (QED) is 0.0594. The second-order valence-electron chi connectivity index (χ2n) is 11.7. The maximum absolute atomic E-state index is 13.9. The van der Waals surface area contributed by atoms with Gasteiger partial charge in [0.2, 0.25) is 17.7 Å². The van der Waals surface area contributed by atoms with Gasteiger partial charge in [-0.2, -0.15) is 0 Å². The molecule has 0 radical (unpaired) electrons. The summed E-state index contributed by atoms with van der Waals surface area (Å²) in [5.74, 6) is -1.83. The number of rotatable bonds is 21. The fourth-order valence-electron chi connectivity index (χ4n) is 5.00. The molecule has 0 fully saturated rings. The molecule has 252 valence electrons. The summed E-state index contributed by atoms with van der Waals surface area (Å²) >= 11 is 0.